The maximum Gasteiger partial charge on any atom is 0.308 e. The van der Waals surface area contributed by atoms with Crippen LogP contribution in [0.15, 0.2) is 0 Å². The van der Waals surface area contributed by atoms with Crippen molar-refractivity contribution in [2.75, 3.05) is 13.7 Å². The van der Waals surface area contributed by atoms with Gasteiger partial charge in [-0.2, -0.15) is 0 Å². The highest BCUT2D eigenvalue weighted by atomic mass is 16.5. The van der Waals surface area contributed by atoms with Crippen molar-refractivity contribution in [2.45, 2.75) is 39.2 Å². The molecular formula is C9H18O3. The molecule has 0 aromatic heterocycles. The summed E-state index contributed by atoms with van der Waals surface area (Å²) >= 11 is 0. The average molecular weight is 174 g/mol. The van der Waals surface area contributed by atoms with Crippen LogP contribution in [0.25, 0.3) is 0 Å². The first-order chi connectivity index (χ1) is 5.58. The minimum Gasteiger partial charge on any atom is -0.466 e. The molecule has 12 heavy (non-hydrogen) atoms. The molecule has 0 radical (unpaired) electrons. The highest BCUT2D eigenvalue weighted by molar-refractivity contribution is 5.70. The SMILES string of the molecule is CCOC(=O)CC(C)(CC)OC. The third-order valence-corrected chi connectivity index (χ3v) is 2.06. The molecule has 0 bridgehead atoms. The molecule has 72 valence electrons. The van der Waals surface area contributed by atoms with E-state index in [0.717, 1.165) is 6.42 Å². The highest BCUT2D eigenvalue weighted by Gasteiger charge is 2.25. The van der Waals surface area contributed by atoms with E-state index in [0.29, 0.717) is 13.0 Å². The van der Waals surface area contributed by atoms with Crippen molar-refractivity contribution in [1.29, 1.82) is 0 Å². The van der Waals surface area contributed by atoms with Crippen LogP contribution in [0.3, 0.4) is 0 Å². The maximum absolute atomic E-state index is 11.1. The standard InChI is InChI=1S/C9H18O3/c1-5-9(3,11-4)7-8(10)12-6-2/h5-7H2,1-4H3. The van der Waals surface area contributed by atoms with Gasteiger partial charge in [-0.1, -0.05) is 6.92 Å². The summed E-state index contributed by atoms with van der Waals surface area (Å²) in [6.45, 7) is 6.13. The Morgan fingerprint density at radius 1 is 1.42 bits per heavy atom. The number of esters is 1. The van der Waals surface area contributed by atoms with Crippen LogP contribution >= 0.6 is 0 Å². The van der Waals surface area contributed by atoms with E-state index in [1.807, 2.05) is 13.8 Å². The predicted molar refractivity (Wildman–Crippen MR) is 47.0 cm³/mol. The van der Waals surface area contributed by atoms with Gasteiger partial charge in [-0.05, 0) is 20.3 Å². The molecule has 3 heteroatoms. The molecule has 0 aliphatic rings. The molecule has 0 heterocycles. The Morgan fingerprint density at radius 3 is 2.33 bits per heavy atom. The van der Waals surface area contributed by atoms with Gasteiger partial charge < -0.3 is 9.47 Å². The number of carbonyl (C=O) groups is 1. The van der Waals surface area contributed by atoms with Crippen LogP contribution in [0, 0.1) is 0 Å². The Bertz CT molecular complexity index is 139. The van der Waals surface area contributed by atoms with Gasteiger partial charge in [0.1, 0.15) is 0 Å². The van der Waals surface area contributed by atoms with Crippen LogP contribution in [0.4, 0.5) is 0 Å². The van der Waals surface area contributed by atoms with Gasteiger partial charge in [0.05, 0.1) is 18.6 Å². The fraction of sp³-hybridized carbons (Fsp3) is 0.889. The fourth-order valence-corrected chi connectivity index (χ4v) is 0.859. The Hall–Kier alpha value is -0.570. The number of hydrogen-bond donors (Lipinski definition) is 0. The lowest BCUT2D eigenvalue weighted by molar-refractivity contribution is -0.149. The van der Waals surface area contributed by atoms with E-state index >= 15 is 0 Å². The zero-order valence-electron chi connectivity index (χ0n) is 8.35. The topological polar surface area (TPSA) is 35.5 Å². The molecule has 0 saturated carbocycles. The van der Waals surface area contributed by atoms with Crippen LogP contribution in [0.2, 0.25) is 0 Å². The molecule has 0 amide bonds. The summed E-state index contributed by atoms with van der Waals surface area (Å²) in [5.41, 5.74) is -0.369. The largest absolute Gasteiger partial charge is 0.466 e. The molecule has 0 aromatic rings. The molecule has 0 saturated heterocycles. The Balaban J connectivity index is 3.93. The number of rotatable bonds is 5. The molecule has 0 fully saturated rings. The second kappa shape index (κ2) is 5.14. The van der Waals surface area contributed by atoms with Crippen LogP contribution in [-0.4, -0.2) is 25.3 Å². The van der Waals surface area contributed by atoms with Crippen molar-refractivity contribution in [3.8, 4) is 0 Å². The van der Waals surface area contributed by atoms with Gasteiger partial charge in [0.25, 0.3) is 0 Å². The molecule has 1 atom stereocenters. The summed E-state index contributed by atoms with van der Waals surface area (Å²) in [5.74, 6) is -0.191. The zero-order valence-corrected chi connectivity index (χ0v) is 8.35. The van der Waals surface area contributed by atoms with Crippen LogP contribution in [-0.2, 0) is 14.3 Å². The van der Waals surface area contributed by atoms with E-state index in [-0.39, 0.29) is 11.6 Å². The van der Waals surface area contributed by atoms with Crippen molar-refractivity contribution < 1.29 is 14.3 Å². The van der Waals surface area contributed by atoms with Gasteiger partial charge >= 0.3 is 5.97 Å². The Morgan fingerprint density at radius 2 is 2.00 bits per heavy atom. The first-order valence-electron chi connectivity index (χ1n) is 4.28. The molecule has 0 rings (SSSR count). The smallest absolute Gasteiger partial charge is 0.308 e. The van der Waals surface area contributed by atoms with Gasteiger partial charge in [-0.15, -0.1) is 0 Å². The summed E-state index contributed by atoms with van der Waals surface area (Å²) < 4.78 is 10.0. The average Bonchev–Trinajstić information content (AvgIpc) is 2.05. The van der Waals surface area contributed by atoms with Crippen molar-refractivity contribution >= 4 is 5.97 Å². The summed E-state index contributed by atoms with van der Waals surface area (Å²) in [6.07, 6.45) is 1.14. The maximum atomic E-state index is 11.1. The van der Waals surface area contributed by atoms with Crippen molar-refractivity contribution in [2.24, 2.45) is 0 Å². The van der Waals surface area contributed by atoms with Crippen LogP contribution < -0.4 is 0 Å². The number of hydrogen-bond acceptors (Lipinski definition) is 3. The van der Waals surface area contributed by atoms with E-state index in [1.54, 1.807) is 14.0 Å². The Labute approximate surface area is 74.0 Å². The fourth-order valence-electron chi connectivity index (χ4n) is 0.859. The third-order valence-electron chi connectivity index (χ3n) is 2.06. The molecule has 0 aliphatic carbocycles. The second-order valence-corrected chi connectivity index (χ2v) is 2.99. The van der Waals surface area contributed by atoms with Crippen LogP contribution in [0.5, 0.6) is 0 Å². The summed E-state index contributed by atoms with van der Waals surface area (Å²) in [6, 6.07) is 0. The molecule has 0 spiro atoms. The van der Waals surface area contributed by atoms with E-state index < -0.39 is 0 Å². The lowest BCUT2D eigenvalue weighted by atomic mass is 9.99. The van der Waals surface area contributed by atoms with E-state index in [2.05, 4.69) is 0 Å². The Kier molecular flexibility index (Phi) is 4.90. The minimum atomic E-state index is -0.369. The summed E-state index contributed by atoms with van der Waals surface area (Å²) in [7, 11) is 1.61. The lowest BCUT2D eigenvalue weighted by Gasteiger charge is -2.25. The van der Waals surface area contributed by atoms with Gasteiger partial charge in [0, 0.05) is 7.11 Å². The first kappa shape index (κ1) is 11.4. The van der Waals surface area contributed by atoms with E-state index in [9.17, 15) is 4.79 Å². The van der Waals surface area contributed by atoms with Gasteiger partial charge in [0.2, 0.25) is 0 Å². The van der Waals surface area contributed by atoms with Gasteiger partial charge in [0.15, 0.2) is 0 Å². The highest BCUT2D eigenvalue weighted by Crippen LogP contribution is 2.18. The number of ether oxygens (including phenoxy) is 2. The molecule has 0 N–H and O–H groups in total. The molecule has 1 unspecified atom stereocenters. The van der Waals surface area contributed by atoms with Crippen molar-refractivity contribution in [3.63, 3.8) is 0 Å². The number of carbonyl (C=O) groups excluding carboxylic acids is 1. The zero-order chi connectivity index (χ0) is 9.61. The first-order valence-corrected chi connectivity index (χ1v) is 4.28. The van der Waals surface area contributed by atoms with Gasteiger partial charge in [-0.3, -0.25) is 4.79 Å². The molecule has 3 nitrogen and oxygen atoms in total. The number of methoxy groups -OCH3 is 1. The van der Waals surface area contributed by atoms with Crippen LogP contribution in [0.1, 0.15) is 33.6 Å². The van der Waals surface area contributed by atoms with E-state index in [4.69, 9.17) is 9.47 Å². The predicted octanol–water partition coefficient (Wildman–Crippen LogP) is 1.75. The normalized spacial score (nSPS) is 15.3. The summed E-state index contributed by atoms with van der Waals surface area (Å²) in [4.78, 5) is 11.1. The quantitative estimate of drug-likeness (QED) is 0.596. The molecule has 0 aromatic carbocycles. The lowest BCUT2D eigenvalue weighted by Crippen LogP contribution is -2.30. The van der Waals surface area contributed by atoms with Crippen molar-refractivity contribution in [1.82, 2.24) is 0 Å². The monoisotopic (exact) mass is 174 g/mol. The minimum absolute atomic E-state index is 0.191. The third kappa shape index (κ3) is 3.72. The van der Waals surface area contributed by atoms with E-state index in [1.165, 1.54) is 0 Å². The molecule has 0 aliphatic heterocycles. The summed E-state index contributed by atoms with van der Waals surface area (Å²) in [5, 5.41) is 0. The van der Waals surface area contributed by atoms with Crippen molar-refractivity contribution in [3.05, 3.63) is 0 Å². The second-order valence-electron chi connectivity index (χ2n) is 2.99. The molecular weight excluding hydrogens is 156 g/mol. The van der Waals surface area contributed by atoms with Gasteiger partial charge in [-0.25, -0.2) is 0 Å².